The summed E-state index contributed by atoms with van der Waals surface area (Å²) >= 11 is 0. The van der Waals surface area contributed by atoms with Crippen LogP contribution in [0.4, 0.5) is 28.4 Å². The van der Waals surface area contributed by atoms with Crippen LogP contribution >= 0.6 is 0 Å². The van der Waals surface area contributed by atoms with E-state index in [9.17, 15) is 37.7 Å². The van der Waals surface area contributed by atoms with Crippen LogP contribution in [0.3, 0.4) is 0 Å². The maximum Gasteiger partial charge on any atom is 0.424 e. The molecule has 0 radical (unpaired) electrons. The molecule has 0 bridgehead atoms. The lowest BCUT2D eigenvalue weighted by atomic mass is 9.86. The zero-order chi connectivity index (χ0) is 25.9. The number of nitrogens with zero attached hydrogens (tertiary/aromatic N) is 3. The number of halogens is 3. The van der Waals surface area contributed by atoms with Crippen LogP contribution in [0.25, 0.3) is 0 Å². The van der Waals surface area contributed by atoms with Gasteiger partial charge in [0.1, 0.15) is 11.7 Å². The van der Waals surface area contributed by atoms with Crippen molar-refractivity contribution in [3.63, 3.8) is 0 Å². The van der Waals surface area contributed by atoms with Crippen molar-refractivity contribution in [2.24, 2.45) is 10.9 Å². The molecule has 0 aliphatic carbocycles. The Hall–Kier alpha value is -4.33. The summed E-state index contributed by atoms with van der Waals surface area (Å²) in [6, 6.07) is 2.14. The van der Waals surface area contributed by atoms with Crippen LogP contribution in [0.15, 0.2) is 41.4 Å². The van der Waals surface area contributed by atoms with Crippen molar-refractivity contribution < 1.29 is 46.7 Å². The molecule has 2 aromatic carbocycles. The van der Waals surface area contributed by atoms with Crippen LogP contribution < -0.4 is 4.74 Å². The molecule has 35 heavy (non-hydrogen) atoms. The Kier molecular flexibility index (Phi) is 7.44. The van der Waals surface area contributed by atoms with Crippen LogP contribution in [0.1, 0.15) is 11.6 Å². The van der Waals surface area contributed by atoms with Crippen LogP contribution in [-0.4, -0.2) is 54.5 Å². The highest BCUT2D eigenvalue weighted by Gasteiger charge is 2.48. The first kappa shape index (κ1) is 25.3. The van der Waals surface area contributed by atoms with Gasteiger partial charge in [-0.1, -0.05) is 0 Å². The first-order valence-corrected chi connectivity index (χ1v) is 9.67. The van der Waals surface area contributed by atoms with E-state index in [0.717, 1.165) is 31.4 Å². The molecule has 14 heteroatoms. The highest BCUT2D eigenvalue weighted by Crippen LogP contribution is 2.37. The number of methoxy groups -OCH3 is 2. The lowest BCUT2D eigenvalue weighted by Crippen LogP contribution is -2.52. The fourth-order valence-corrected chi connectivity index (χ4v) is 3.42. The second-order valence-electron chi connectivity index (χ2n) is 7.05. The van der Waals surface area contributed by atoms with E-state index in [4.69, 9.17) is 14.2 Å². The molecule has 0 aromatic heterocycles. The van der Waals surface area contributed by atoms with E-state index in [1.165, 1.54) is 7.11 Å². The van der Waals surface area contributed by atoms with Crippen molar-refractivity contribution in [3.8, 4) is 5.75 Å². The molecule has 0 spiro atoms. The molecular weight excluding hydrogens is 479 g/mol. The van der Waals surface area contributed by atoms with Gasteiger partial charge in [0.05, 0.1) is 30.4 Å². The van der Waals surface area contributed by atoms with Gasteiger partial charge in [0.25, 0.3) is 5.69 Å². The van der Waals surface area contributed by atoms with Crippen LogP contribution in [0, 0.1) is 33.5 Å². The van der Waals surface area contributed by atoms with Crippen molar-refractivity contribution in [1.29, 1.82) is 0 Å². The van der Waals surface area contributed by atoms with E-state index in [1.54, 1.807) is 0 Å². The third-order valence-corrected chi connectivity index (χ3v) is 4.94. The number of carbonyl (C=O) groups is 3. The van der Waals surface area contributed by atoms with Crippen molar-refractivity contribution in [2.75, 3.05) is 20.8 Å². The van der Waals surface area contributed by atoms with E-state index in [1.807, 2.05) is 0 Å². The Morgan fingerprint density at radius 3 is 2.23 bits per heavy atom. The van der Waals surface area contributed by atoms with Gasteiger partial charge in [-0.3, -0.25) is 14.9 Å². The van der Waals surface area contributed by atoms with E-state index in [0.29, 0.717) is 17.0 Å². The van der Waals surface area contributed by atoms with E-state index < -0.39 is 58.0 Å². The predicted molar refractivity (Wildman–Crippen MR) is 110 cm³/mol. The molecule has 184 valence electrons. The third kappa shape index (κ3) is 5.11. The molecule has 3 rings (SSSR count). The number of urea groups is 1. The Morgan fingerprint density at radius 2 is 1.71 bits per heavy atom. The molecule has 0 saturated heterocycles. The van der Waals surface area contributed by atoms with Crippen LogP contribution in [-0.2, 0) is 14.3 Å². The second kappa shape index (κ2) is 10.3. The number of hydrogen-bond donors (Lipinski definition) is 0. The normalized spacial score (nSPS) is 17.6. The number of imide groups is 1. The number of ether oxygens (including phenoxy) is 3. The monoisotopic (exact) mass is 495 g/mol. The smallest absolute Gasteiger partial charge is 0.424 e. The number of nitro groups is 1. The highest BCUT2D eigenvalue weighted by molar-refractivity contribution is 6.12. The summed E-state index contributed by atoms with van der Waals surface area (Å²) in [5.74, 6) is -7.96. The topological polar surface area (TPSA) is 138 Å². The molecule has 2 unspecified atom stereocenters. The molecule has 0 fully saturated rings. The SMILES string of the molecule is COCC1=NC(=O)N(C(=O)Oc2ccc([N+](=O)[O-])cc2)C(c2cc(F)c(F)c(F)c2)C1C(=O)OC. The Morgan fingerprint density at radius 1 is 1.11 bits per heavy atom. The summed E-state index contributed by atoms with van der Waals surface area (Å²) in [7, 11) is 2.22. The van der Waals surface area contributed by atoms with Gasteiger partial charge in [-0.05, 0) is 29.8 Å². The van der Waals surface area contributed by atoms with Crippen molar-refractivity contribution >= 4 is 29.5 Å². The third-order valence-electron chi connectivity index (χ3n) is 4.94. The van der Waals surface area contributed by atoms with Crippen molar-refractivity contribution in [1.82, 2.24) is 4.90 Å². The van der Waals surface area contributed by atoms with Gasteiger partial charge in [-0.2, -0.15) is 4.99 Å². The number of esters is 1. The molecule has 2 aromatic rings. The number of carbonyl (C=O) groups excluding carboxylic acids is 3. The zero-order valence-corrected chi connectivity index (χ0v) is 18.1. The van der Waals surface area contributed by atoms with Gasteiger partial charge in [0.2, 0.25) is 0 Å². The minimum absolute atomic E-state index is 0.223. The molecule has 0 saturated carbocycles. The van der Waals surface area contributed by atoms with Crippen LogP contribution in [0.2, 0.25) is 0 Å². The largest absolute Gasteiger partial charge is 0.468 e. The fraction of sp³-hybridized carbons (Fsp3) is 0.238. The first-order valence-electron chi connectivity index (χ1n) is 9.67. The van der Waals surface area contributed by atoms with Gasteiger partial charge in [-0.25, -0.2) is 27.7 Å². The van der Waals surface area contributed by atoms with Gasteiger partial charge >= 0.3 is 18.1 Å². The number of benzene rings is 2. The Balaban J connectivity index is 2.11. The minimum Gasteiger partial charge on any atom is -0.468 e. The Labute approximate surface area is 194 Å². The van der Waals surface area contributed by atoms with Gasteiger partial charge in [0, 0.05) is 19.2 Å². The van der Waals surface area contributed by atoms with Crippen LogP contribution in [0.5, 0.6) is 5.75 Å². The number of amides is 3. The minimum atomic E-state index is -1.81. The summed E-state index contributed by atoms with van der Waals surface area (Å²) < 4.78 is 56.5. The van der Waals surface area contributed by atoms with Crippen molar-refractivity contribution in [3.05, 3.63) is 69.5 Å². The molecule has 3 amide bonds. The second-order valence-corrected chi connectivity index (χ2v) is 7.05. The molecule has 1 aliphatic rings. The zero-order valence-electron chi connectivity index (χ0n) is 18.1. The fourth-order valence-electron chi connectivity index (χ4n) is 3.42. The molecule has 11 nitrogen and oxygen atoms in total. The number of hydrogen-bond acceptors (Lipinski definition) is 8. The lowest BCUT2D eigenvalue weighted by molar-refractivity contribution is -0.384. The van der Waals surface area contributed by atoms with Gasteiger partial charge < -0.3 is 14.2 Å². The maximum atomic E-state index is 14.1. The molecule has 2 atom stereocenters. The van der Waals surface area contributed by atoms with E-state index >= 15 is 0 Å². The predicted octanol–water partition coefficient (Wildman–Crippen LogP) is 3.56. The highest BCUT2D eigenvalue weighted by atomic mass is 19.2. The van der Waals surface area contributed by atoms with E-state index in [2.05, 4.69) is 4.99 Å². The maximum absolute atomic E-state index is 14.1. The Bertz CT molecular complexity index is 1200. The van der Waals surface area contributed by atoms with Gasteiger partial charge in [0.15, 0.2) is 17.5 Å². The number of rotatable bonds is 6. The summed E-state index contributed by atoms with van der Waals surface area (Å²) in [5.41, 5.74) is -1.01. The summed E-state index contributed by atoms with van der Waals surface area (Å²) in [6.45, 7) is -0.389. The molecule has 1 aliphatic heterocycles. The summed E-state index contributed by atoms with van der Waals surface area (Å²) in [4.78, 5) is 52.5. The number of non-ortho nitro benzene ring substituents is 1. The lowest BCUT2D eigenvalue weighted by Gasteiger charge is -2.36. The summed E-state index contributed by atoms with van der Waals surface area (Å²) in [6.07, 6.45) is -1.44. The molecular formula is C21H16F3N3O8. The standard InChI is InChI=1S/C21H16F3N3O8/c1-33-9-15-16(19(28)34-2)18(10-7-13(22)17(24)14(23)8-10)26(20(29)25-15)21(30)35-12-5-3-11(4-6-12)27(31)32/h3-8,16,18H,9H2,1-2H3. The molecule has 1 heterocycles. The van der Waals surface area contributed by atoms with Crippen molar-refractivity contribution in [2.45, 2.75) is 6.04 Å². The average molecular weight is 495 g/mol. The number of aliphatic imine (C=N–C) groups is 1. The quantitative estimate of drug-likeness (QED) is 0.257. The number of nitro benzene ring substituents is 1. The molecule has 0 N–H and O–H groups in total. The first-order chi connectivity index (χ1) is 16.6. The van der Waals surface area contributed by atoms with Gasteiger partial charge in [-0.15, -0.1) is 0 Å². The summed E-state index contributed by atoms with van der Waals surface area (Å²) in [5, 5.41) is 10.8. The van der Waals surface area contributed by atoms with E-state index in [-0.39, 0.29) is 23.8 Å². The average Bonchev–Trinajstić information content (AvgIpc) is 2.81.